The van der Waals surface area contributed by atoms with E-state index < -0.39 is 0 Å². The second-order valence-corrected chi connectivity index (χ2v) is 9.00. The highest BCUT2D eigenvalue weighted by Gasteiger charge is 2.25. The molecule has 1 aliphatic heterocycles. The Morgan fingerprint density at radius 2 is 2.00 bits per heavy atom. The molecule has 0 unspecified atom stereocenters. The largest absolute Gasteiger partial charge is 0.497 e. The summed E-state index contributed by atoms with van der Waals surface area (Å²) in [4.78, 5) is 14.9. The Morgan fingerprint density at radius 3 is 2.82 bits per heavy atom. The van der Waals surface area contributed by atoms with Gasteiger partial charge in [-0.15, -0.1) is 10.2 Å². The van der Waals surface area contributed by atoms with Crippen LogP contribution in [-0.4, -0.2) is 49.9 Å². The molecular weight excluding hydrogens is 448 g/mol. The van der Waals surface area contributed by atoms with E-state index in [-0.39, 0.29) is 5.91 Å². The minimum Gasteiger partial charge on any atom is -0.497 e. The molecule has 0 aliphatic carbocycles. The Morgan fingerprint density at radius 1 is 1.15 bits per heavy atom. The van der Waals surface area contributed by atoms with Crippen molar-refractivity contribution >= 4 is 23.4 Å². The molecule has 0 saturated heterocycles. The van der Waals surface area contributed by atoms with E-state index >= 15 is 0 Å². The van der Waals surface area contributed by atoms with Crippen LogP contribution >= 0.6 is 11.8 Å². The van der Waals surface area contributed by atoms with Gasteiger partial charge in [-0.2, -0.15) is 5.10 Å². The molecule has 2 aromatic carbocycles. The predicted molar refractivity (Wildman–Crippen MR) is 133 cm³/mol. The van der Waals surface area contributed by atoms with Crippen molar-refractivity contribution in [3.05, 3.63) is 60.3 Å². The Hall–Kier alpha value is -3.59. The zero-order valence-corrected chi connectivity index (χ0v) is 20.2. The second-order valence-electron chi connectivity index (χ2n) is 8.06. The number of carbonyl (C=O) groups excluding carboxylic acids is 1. The number of amides is 1. The van der Waals surface area contributed by atoms with Gasteiger partial charge in [0.25, 0.3) is 0 Å². The van der Waals surface area contributed by atoms with Crippen molar-refractivity contribution in [2.45, 2.75) is 25.0 Å². The second kappa shape index (κ2) is 9.34. The lowest BCUT2D eigenvalue weighted by molar-refractivity contribution is -0.116. The molecule has 9 heteroatoms. The van der Waals surface area contributed by atoms with Crippen molar-refractivity contribution in [2.75, 3.05) is 24.3 Å². The van der Waals surface area contributed by atoms with E-state index in [9.17, 15) is 4.79 Å². The fraction of sp³-hybridized carbons (Fsp3) is 0.280. The minimum atomic E-state index is 0.0839. The monoisotopic (exact) mass is 474 g/mol. The summed E-state index contributed by atoms with van der Waals surface area (Å²) < 4.78 is 9.21. The first-order valence-electron chi connectivity index (χ1n) is 11.2. The summed E-state index contributed by atoms with van der Waals surface area (Å²) in [6.07, 6.45) is 2.85. The summed E-state index contributed by atoms with van der Waals surface area (Å²) in [6, 6.07) is 15.9. The maximum atomic E-state index is 13.0. The molecule has 0 saturated carbocycles. The van der Waals surface area contributed by atoms with E-state index in [2.05, 4.69) is 28.3 Å². The number of thioether (sulfide) groups is 1. The number of benzene rings is 2. The van der Waals surface area contributed by atoms with Gasteiger partial charge in [-0.1, -0.05) is 42.1 Å². The van der Waals surface area contributed by atoms with Crippen LogP contribution in [0.25, 0.3) is 22.6 Å². The summed E-state index contributed by atoms with van der Waals surface area (Å²) in [5.41, 5.74) is 4.88. The number of carbonyl (C=O) groups is 1. The van der Waals surface area contributed by atoms with Crippen molar-refractivity contribution in [3.8, 4) is 28.4 Å². The molecule has 0 spiro atoms. The molecule has 0 radical (unpaired) electrons. The molecule has 174 valence electrons. The van der Waals surface area contributed by atoms with Crippen LogP contribution < -0.4 is 9.64 Å². The quantitative estimate of drug-likeness (QED) is 0.376. The highest BCUT2D eigenvalue weighted by atomic mass is 32.2. The Kier molecular flexibility index (Phi) is 6.10. The zero-order chi connectivity index (χ0) is 23.7. The Labute approximate surface area is 202 Å². The van der Waals surface area contributed by atoms with Gasteiger partial charge >= 0.3 is 0 Å². The maximum absolute atomic E-state index is 13.0. The van der Waals surface area contributed by atoms with Crippen molar-refractivity contribution < 1.29 is 9.53 Å². The lowest BCUT2D eigenvalue weighted by Gasteiger charge is -2.17. The molecule has 1 amide bonds. The summed E-state index contributed by atoms with van der Waals surface area (Å²) in [5.74, 6) is 1.89. The van der Waals surface area contributed by atoms with Crippen LogP contribution in [0.4, 0.5) is 5.69 Å². The van der Waals surface area contributed by atoms with Crippen molar-refractivity contribution in [2.24, 2.45) is 7.05 Å². The fourth-order valence-corrected chi connectivity index (χ4v) is 5.20. The zero-order valence-electron chi connectivity index (χ0n) is 19.4. The normalized spacial score (nSPS) is 12.7. The molecule has 0 bridgehead atoms. The molecule has 0 atom stereocenters. The number of methoxy groups -OCH3 is 1. The third kappa shape index (κ3) is 4.07. The summed E-state index contributed by atoms with van der Waals surface area (Å²) in [7, 11) is 3.54. The summed E-state index contributed by atoms with van der Waals surface area (Å²) in [5, 5.41) is 14.3. The lowest BCUT2D eigenvalue weighted by Crippen LogP contribution is -2.30. The van der Waals surface area contributed by atoms with Gasteiger partial charge in [-0.3, -0.25) is 9.48 Å². The van der Waals surface area contributed by atoms with Crippen LogP contribution in [0, 0.1) is 0 Å². The smallest absolute Gasteiger partial charge is 0.237 e. The maximum Gasteiger partial charge on any atom is 0.237 e. The summed E-state index contributed by atoms with van der Waals surface area (Å²) >= 11 is 1.42. The van der Waals surface area contributed by atoms with Crippen LogP contribution in [0.15, 0.2) is 59.9 Å². The third-order valence-electron chi connectivity index (χ3n) is 5.96. The average Bonchev–Trinajstić information content (AvgIpc) is 3.58. The molecule has 1 aliphatic rings. The highest BCUT2D eigenvalue weighted by Crippen LogP contribution is 2.34. The van der Waals surface area contributed by atoms with Crippen LogP contribution in [-0.2, 0) is 24.8 Å². The number of ether oxygens (including phenoxy) is 1. The first-order chi connectivity index (χ1) is 16.6. The first kappa shape index (κ1) is 22.2. The Bertz CT molecular complexity index is 1340. The number of fused-ring (bicyclic) bond motifs is 1. The van der Waals surface area contributed by atoms with Gasteiger partial charge in [0, 0.05) is 37.6 Å². The number of para-hydroxylation sites is 1. The number of aromatic nitrogens is 5. The fourth-order valence-electron chi connectivity index (χ4n) is 4.32. The van der Waals surface area contributed by atoms with Crippen LogP contribution in [0.1, 0.15) is 12.5 Å². The topological polar surface area (TPSA) is 78.1 Å². The number of hydrogen-bond donors (Lipinski definition) is 0. The van der Waals surface area contributed by atoms with Crippen molar-refractivity contribution in [1.82, 2.24) is 24.5 Å². The van der Waals surface area contributed by atoms with E-state index in [1.54, 1.807) is 11.8 Å². The van der Waals surface area contributed by atoms with Gasteiger partial charge in [0.1, 0.15) is 11.4 Å². The highest BCUT2D eigenvalue weighted by molar-refractivity contribution is 7.99. The molecular formula is C25H26N6O2S. The van der Waals surface area contributed by atoms with E-state index in [1.807, 2.05) is 65.2 Å². The van der Waals surface area contributed by atoms with E-state index in [1.165, 1.54) is 17.3 Å². The molecule has 2 aromatic heterocycles. The molecule has 34 heavy (non-hydrogen) atoms. The van der Waals surface area contributed by atoms with Gasteiger partial charge < -0.3 is 14.2 Å². The van der Waals surface area contributed by atoms with Crippen molar-refractivity contribution in [1.29, 1.82) is 0 Å². The summed E-state index contributed by atoms with van der Waals surface area (Å²) in [6.45, 7) is 3.46. The van der Waals surface area contributed by atoms with Crippen LogP contribution in [0.3, 0.4) is 0 Å². The predicted octanol–water partition coefficient (Wildman–Crippen LogP) is 4.06. The van der Waals surface area contributed by atoms with Crippen LogP contribution in [0.5, 0.6) is 5.75 Å². The number of anilines is 1. The minimum absolute atomic E-state index is 0.0839. The molecule has 0 N–H and O–H groups in total. The first-order valence-corrected chi connectivity index (χ1v) is 12.2. The molecule has 8 nitrogen and oxygen atoms in total. The van der Waals surface area contributed by atoms with Crippen molar-refractivity contribution in [3.63, 3.8) is 0 Å². The van der Waals surface area contributed by atoms with E-state index in [4.69, 9.17) is 4.74 Å². The van der Waals surface area contributed by atoms with Gasteiger partial charge in [-0.05, 0) is 37.1 Å². The molecule has 4 aromatic rings. The lowest BCUT2D eigenvalue weighted by atomic mass is 10.1. The van der Waals surface area contributed by atoms with E-state index in [0.717, 1.165) is 52.2 Å². The number of nitrogens with zero attached hydrogens (tertiary/aromatic N) is 6. The number of rotatable bonds is 7. The standard InChI is InChI=1S/C25H26N6O2S/c1-4-30-24(20-15-29(2)28-23(20)18-9-7-10-19(14-18)33-3)26-27-25(30)34-16-22(32)31-13-12-17-8-5-6-11-21(17)31/h5-11,14-15H,4,12-13,16H2,1-3H3. The average molecular weight is 475 g/mol. The van der Waals surface area contributed by atoms with Gasteiger partial charge in [0.15, 0.2) is 11.0 Å². The molecule has 3 heterocycles. The van der Waals surface area contributed by atoms with Gasteiger partial charge in [-0.25, -0.2) is 0 Å². The Balaban J connectivity index is 1.40. The van der Waals surface area contributed by atoms with E-state index in [0.29, 0.717) is 12.3 Å². The van der Waals surface area contributed by atoms with Gasteiger partial charge in [0.2, 0.25) is 5.91 Å². The third-order valence-corrected chi connectivity index (χ3v) is 6.91. The SMILES string of the molecule is CCn1c(SCC(=O)N2CCc3ccccc32)nnc1-c1cn(C)nc1-c1cccc(OC)c1. The number of aryl methyl sites for hydroxylation is 1. The number of hydrogen-bond acceptors (Lipinski definition) is 6. The van der Waals surface area contributed by atoms with Crippen LogP contribution in [0.2, 0.25) is 0 Å². The molecule has 0 fully saturated rings. The molecule has 5 rings (SSSR count). The van der Waals surface area contributed by atoms with Gasteiger partial charge in [0.05, 0.1) is 18.4 Å².